The summed E-state index contributed by atoms with van der Waals surface area (Å²) in [5, 5.41) is 9.08. The summed E-state index contributed by atoms with van der Waals surface area (Å²) < 4.78 is 5.73. The number of hydrogen-bond donors (Lipinski definition) is 1. The maximum absolute atomic E-state index is 11.1. The van der Waals surface area contributed by atoms with Crippen LogP contribution in [-0.4, -0.2) is 16.7 Å². The number of carboxylic acid groups (broad SMARTS) is 1. The van der Waals surface area contributed by atoms with Crippen molar-refractivity contribution in [2.45, 2.75) is 32.3 Å². The van der Waals surface area contributed by atoms with Gasteiger partial charge in [0.15, 0.2) is 0 Å². The summed E-state index contributed by atoms with van der Waals surface area (Å²) in [6.45, 7) is 5.95. The number of benzene rings is 1. The number of fused-ring (bicyclic) bond motifs is 1. The largest absolute Gasteiger partial charge is 0.487 e. The highest BCUT2D eigenvalue weighted by molar-refractivity contribution is 5.90. The quantitative estimate of drug-likeness (QED) is 0.768. The van der Waals surface area contributed by atoms with Crippen molar-refractivity contribution in [3.05, 3.63) is 29.3 Å². The standard InChI is InChI=1S/C12H14O3/c1-7-10-8(11(13)14)5-4-6-9(10)15-12(7,2)3/h4-7H,1-3H3,(H,13,14). The van der Waals surface area contributed by atoms with Crippen LogP contribution >= 0.6 is 0 Å². The Morgan fingerprint density at radius 3 is 2.73 bits per heavy atom. The van der Waals surface area contributed by atoms with Gasteiger partial charge in [0, 0.05) is 11.5 Å². The van der Waals surface area contributed by atoms with Crippen molar-refractivity contribution in [1.82, 2.24) is 0 Å². The molecule has 0 fully saturated rings. The number of aromatic carboxylic acids is 1. The van der Waals surface area contributed by atoms with E-state index < -0.39 is 5.97 Å². The molecule has 3 heteroatoms. The molecular formula is C12H14O3. The maximum atomic E-state index is 11.1. The number of hydrogen-bond acceptors (Lipinski definition) is 2. The first-order valence-electron chi connectivity index (χ1n) is 4.98. The molecule has 0 spiro atoms. The van der Waals surface area contributed by atoms with Crippen molar-refractivity contribution >= 4 is 5.97 Å². The lowest BCUT2D eigenvalue weighted by molar-refractivity contribution is 0.0695. The molecule has 1 atom stereocenters. The van der Waals surface area contributed by atoms with E-state index in [0.717, 1.165) is 5.56 Å². The summed E-state index contributed by atoms with van der Waals surface area (Å²) in [7, 11) is 0. The van der Waals surface area contributed by atoms with Crippen LogP contribution in [-0.2, 0) is 0 Å². The third kappa shape index (κ3) is 1.39. The van der Waals surface area contributed by atoms with Crippen LogP contribution in [0.4, 0.5) is 0 Å². The number of carboxylic acids is 1. The smallest absolute Gasteiger partial charge is 0.336 e. The average Bonchev–Trinajstić information content (AvgIpc) is 2.37. The molecule has 2 rings (SSSR count). The molecule has 1 heterocycles. The van der Waals surface area contributed by atoms with E-state index in [1.54, 1.807) is 12.1 Å². The second-order valence-corrected chi connectivity index (χ2v) is 4.45. The molecule has 1 aliphatic rings. The van der Waals surface area contributed by atoms with Gasteiger partial charge in [0.1, 0.15) is 11.4 Å². The Bertz CT molecular complexity index is 421. The van der Waals surface area contributed by atoms with Gasteiger partial charge in [0.05, 0.1) is 5.56 Å². The van der Waals surface area contributed by atoms with Crippen molar-refractivity contribution in [3.8, 4) is 5.75 Å². The van der Waals surface area contributed by atoms with Crippen molar-refractivity contribution in [2.75, 3.05) is 0 Å². The Morgan fingerprint density at radius 2 is 2.13 bits per heavy atom. The summed E-state index contributed by atoms with van der Waals surface area (Å²) in [4.78, 5) is 11.1. The van der Waals surface area contributed by atoms with E-state index in [2.05, 4.69) is 0 Å². The van der Waals surface area contributed by atoms with E-state index in [0.29, 0.717) is 11.3 Å². The lowest BCUT2D eigenvalue weighted by atomic mass is 9.86. The number of ether oxygens (including phenoxy) is 1. The fraction of sp³-hybridized carbons (Fsp3) is 0.417. The van der Waals surface area contributed by atoms with Crippen molar-refractivity contribution in [3.63, 3.8) is 0 Å². The monoisotopic (exact) mass is 206 g/mol. The van der Waals surface area contributed by atoms with E-state index in [9.17, 15) is 4.79 Å². The van der Waals surface area contributed by atoms with E-state index in [1.807, 2.05) is 26.8 Å². The number of carbonyl (C=O) groups is 1. The minimum atomic E-state index is -0.889. The van der Waals surface area contributed by atoms with Crippen molar-refractivity contribution < 1.29 is 14.6 Å². The molecule has 0 saturated carbocycles. The first-order chi connectivity index (χ1) is 6.93. The Hall–Kier alpha value is -1.51. The van der Waals surface area contributed by atoms with Crippen LogP contribution in [0, 0.1) is 0 Å². The highest BCUT2D eigenvalue weighted by atomic mass is 16.5. The SMILES string of the molecule is CC1c2c(cccc2C(=O)O)OC1(C)C. The van der Waals surface area contributed by atoms with Crippen LogP contribution in [0.5, 0.6) is 5.75 Å². The van der Waals surface area contributed by atoms with E-state index >= 15 is 0 Å². The molecule has 0 saturated heterocycles. The third-order valence-electron chi connectivity index (χ3n) is 3.15. The minimum absolute atomic E-state index is 0.0970. The highest BCUT2D eigenvalue weighted by Gasteiger charge is 2.40. The van der Waals surface area contributed by atoms with Gasteiger partial charge >= 0.3 is 5.97 Å². The van der Waals surface area contributed by atoms with Crippen molar-refractivity contribution in [1.29, 1.82) is 0 Å². The van der Waals surface area contributed by atoms with Crippen LogP contribution in [0.15, 0.2) is 18.2 Å². The normalized spacial score (nSPS) is 21.9. The lowest BCUT2D eigenvalue weighted by Crippen LogP contribution is -2.28. The Kier molecular flexibility index (Phi) is 2.00. The Labute approximate surface area is 88.7 Å². The van der Waals surface area contributed by atoms with Crippen LogP contribution < -0.4 is 4.74 Å². The predicted molar refractivity (Wildman–Crippen MR) is 56.5 cm³/mol. The molecule has 1 aromatic rings. The Balaban J connectivity index is 2.61. The van der Waals surface area contributed by atoms with E-state index in [-0.39, 0.29) is 11.5 Å². The van der Waals surface area contributed by atoms with Crippen LogP contribution in [0.3, 0.4) is 0 Å². The first-order valence-corrected chi connectivity index (χ1v) is 4.98. The maximum Gasteiger partial charge on any atom is 0.336 e. The lowest BCUT2D eigenvalue weighted by Gasteiger charge is -2.23. The molecule has 0 radical (unpaired) electrons. The average molecular weight is 206 g/mol. The molecule has 15 heavy (non-hydrogen) atoms. The second kappa shape index (κ2) is 2.99. The van der Waals surface area contributed by atoms with Gasteiger partial charge in [0.2, 0.25) is 0 Å². The summed E-state index contributed by atoms with van der Waals surface area (Å²) in [6.07, 6.45) is 0. The predicted octanol–water partition coefficient (Wildman–Crippen LogP) is 2.66. The molecule has 1 aliphatic heterocycles. The molecule has 1 unspecified atom stereocenters. The second-order valence-electron chi connectivity index (χ2n) is 4.45. The summed E-state index contributed by atoms with van der Waals surface area (Å²) in [5.74, 6) is -0.0906. The molecule has 0 bridgehead atoms. The summed E-state index contributed by atoms with van der Waals surface area (Å²) in [5.41, 5.74) is 0.842. The first kappa shape index (κ1) is 10.0. The summed E-state index contributed by atoms with van der Waals surface area (Å²) in [6, 6.07) is 5.17. The van der Waals surface area contributed by atoms with Gasteiger partial charge in [-0.1, -0.05) is 13.0 Å². The van der Waals surface area contributed by atoms with Gasteiger partial charge in [0.25, 0.3) is 0 Å². The molecule has 0 aromatic heterocycles. The molecule has 3 nitrogen and oxygen atoms in total. The van der Waals surface area contributed by atoms with Crippen LogP contribution in [0.25, 0.3) is 0 Å². The molecule has 1 N–H and O–H groups in total. The van der Waals surface area contributed by atoms with E-state index in [1.165, 1.54) is 0 Å². The minimum Gasteiger partial charge on any atom is -0.487 e. The summed E-state index contributed by atoms with van der Waals surface area (Å²) >= 11 is 0. The zero-order chi connectivity index (χ0) is 11.2. The van der Waals surface area contributed by atoms with Crippen molar-refractivity contribution in [2.24, 2.45) is 0 Å². The Morgan fingerprint density at radius 1 is 1.47 bits per heavy atom. The zero-order valence-corrected chi connectivity index (χ0v) is 9.07. The molecule has 80 valence electrons. The zero-order valence-electron chi connectivity index (χ0n) is 9.07. The van der Waals surface area contributed by atoms with Gasteiger partial charge in [-0.2, -0.15) is 0 Å². The molecular weight excluding hydrogens is 192 g/mol. The molecule has 1 aromatic carbocycles. The van der Waals surface area contributed by atoms with Crippen LogP contribution in [0.2, 0.25) is 0 Å². The third-order valence-corrected chi connectivity index (χ3v) is 3.15. The molecule has 0 amide bonds. The highest BCUT2D eigenvalue weighted by Crippen LogP contribution is 2.45. The van der Waals surface area contributed by atoms with Gasteiger partial charge in [-0.25, -0.2) is 4.79 Å². The van der Waals surface area contributed by atoms with Gasteiger partial charge in [-0.3, -0.25) is 0 Å². The topological polar surface area (TPSA) is 46.5 Å². The van der Waals surface area contributed by atoms with Gasteiger partial charge in [-0.15, -0.1) is 0 Å². The molecule has 0 aliphatic carbocycles. The van der Waals surface area contributed by atoms with Crippen LogP contribution in [0.1, 0.15) is 42.6 Å². The fourth-order valence-electron chi connectivity index (χ4n) is 1.99. The van der Waals surface area contributed by atoms with E-state index in [4.69, 9.17) is 9.84 Å². The number of rotatable bonds is 1. The van der Waals surface area contributed by atoms with Gasteiger partial charge < -0.3 is 9.84 Å². The van der Waals surface area contributed by atoms with Gasteiger partial charge in [-0.05, 0) is 26.0 Å². The fourth-order valence-corrected chi connectivity index (χ4v) is 1.99.